The summed E-state index contributed by atoms with van der Waals surface area (Å²) in [5.41, 5.74) is 0.469. The van der Waals surface area contributed by atoms with Crippen LogP contribution in [0, 0.1) is 33.2 Å². The van der Waals surface area contributed by atoms with Gasteiger partial charge in [0.05, 0.1) is 26.6 Å². The van der Waals surface area contributed by atoms with E-state index in [0.717, 1.165) is 13.1 Å². The van der Waals surface area contributed by atoms with E-state index in [1.165, 1.54) is 24.5 Å². The molecule has 1 aliphatic rings. The van der Waals surface area contributed by atoms with E-state index in [1.807, 2.05) is 6.92 Å². The van der Waals surface area contributed by atoms with Gasteiger partial charge in [-0.1, -0.05) is 29.5 Å². The Bertz CT molecular complexity index is 1200. The second kappa shape index (κ2) is 7.28. The monoisotopic (exact) mass is 411 g/mol. The Morgan fingerprint density at radius 1 is 1.34 bits per heavy atom. The molecule has 29 heavy (non-hydrogen) atoms. The van der Waals surface area contributed by atoms with Crippen LogP contribution in [0.15, 0.2) is 36.7 Å². The van der Waals surface area contributed by atoms with Gasteiger partial charge in [-0.3, -0.25) is 10.1 Å². The van der Waals surface area contributed by atoms with Gasteiger partial charge in [0, 0.05) is 24.5 Å². The van der Waals surface area contributed by atoms with Crippen LogP contribution < -0.4 is 10.6 Å². The summed E-state index contributed by atoms with van der Waals surface area (Å²) in [5.74, 6) is 5.62. The van der Waals surface area contributed by atoms with Crippen LogP contribution in [0.3, 0.4) is 0 Å². The lowest BCUT2D eigenvalue weighted by Gasteiger charge is -2.34. The Morgan fingerprint density at radius 3 is 2.83 bits per heavy atom. The molecule has 146 valence electrons. The fourth-order valence-electron chi connectivity index (χ4n) is 2.98. The highest BCUT2D eigenvalue weighted by atomic mass is 35.5. The predicted molar refractivity (Wildman–Crippen MR) is 109 cm³/mol. The van der Waals surface area contributed by atoms with Crippen molar-refractivity contribution in [2.24, 2.45) is 5.41 Å². The maximum atomic E-state index is 14.2. The standard InChI is InChI=1S/C20H15ClFN5O2/c1-20(9-23-10-20)6-5-12-7-16-13(8-17(12)27(28)29)19(25-11-24-16)26-15-4-2-3-14(21)18(15)22/h2-4,7-8,11,23H,9-10H2,1H3,(H,24,25,26). The number of hydrogen-bond acceptors (Lipinski definition) is 6. The molecular formula is C20H15ClFN5O2. The Labute approximate surface area is 170 Å². The molecule has 0 bridgehead atoms. The van der Waals surface area contributed by atoms with Gasteiger partial charge in [-0.15, -0.1) is 0 Å². The highest BCUT2D eigenvalue weighted by Crippen LogP contribution is 2.31. The van der Waals surface area contributed by atoms with Gasteiger partial charge in [-0.25, -0.2) is 14.4 Å². The van der Waals surface area contributed by atoms with Crippen molar-refractivity contribution in [3.8, 4) is 11.8 Å². The topological polar surface area (TPSA) is 93.0 Å². The van der Waals surface area contributed by atoms with Crippen LogP contribution in [0.2, 0.25) is 5.02 Å². The predicted octanol–water partition coefficient (Wildman–Crippen LogP) is 4.04. The Balaban J connectivity index is 1.81. The third kappa shape index (κ3) is 3.70. The van der Waals surface area contributed by atoms with E-state index in [-0.39, 0.29) is 33.2 Å². The van der Waals surface area contributed by atoms with Crippen molar-refractivity contribution in [2.75, 3.05) is 18.4 Å². The summed E-state index contributed by atoms with van der Waals surface area (Å²) in [6.07, 6.45) is 1.30. The largest absolute Gasteiger partial charge is 0.337 e. The number of nitro groups is 1. The number of hydrogen-bond donors (Lipinski definition) is 2. The molecule has 2 aromatic carbocycles. The van der Waals surface area contributed by atoms with Crippen LogP contribution >= 0.6 is 11.6 Å². The maximum Gasteiger partial charge on any atom is 0.285 e. The third-order valence-corrected chi connectivity index (χ3v) is 4.98. The highest BCUT2D eigenvalue weighted by Gasteiger charge is 2.29. The van der Waals surface area contributed by atoms with Gasteiger partial charge < -0.3 is 10.6 Å². The van der Waals surface area contributed by atoms with E-state index in [9.17, 15) is 14.5 Å². The van der Waals surface area contributed by atoms with E-state index in [2.05, 4.69) is 32.4 Å². The third-order valence-electron chi connectivity index (χ3n) is 4.68. The van der Waals surface area contributed by atoms with Crippen molar-refractivity contribution in [2.45, 2.75) is 6.92 Å². The molecule has 0 radical (unpaired) electrons. The van der Waals surface area contributed by atoms with Crippen LogP contribution in [0.5, 0.6) is 0 Å². The highest BCUT2D eigenvalue weighted by molar-refractivity contribution is 6.31. The first-order chi connectivity index (χ1) is 13.9. The van der Waals surface area contributed by atoms with Gasteiger partial charge in [0.1, 0.15) is 17.7 Å². The van der Waals surface area contributed by atoms with E-state index in [4.69, 9.17) is 11.6 Å². The van der Waals surface area contributed by atoms with Gasteiger partial charge >= 0.3 is 0 Å². The molecule has 1 saturated heterocycles. The number of nitrogens with one attached hydrogen (secondary N) is 2. The molecule has 2 heterocycles. The normalized spacial score (nSPS) is 14.6. The number of nitro benzene ring substituents is 1. The van der Waals surface area contributed by atoms with Gasteiger partial charge in [-0.2, -0.15) is 0 Å². The number of fused-ring (bicyclic) bond motifs is 1. The van der Waals surface area contributed by atoms with E-state index in [1.54, 1.807) is 12.1 Å². The van der Waals surface area contributed by atoms with Crippen molar-refractivity contribution in [1.82, 2.24) is 15.3 Å². The molecule has 0 atom stereocenters. The molecule has 1 aromatic heterocycles. The molecule has 9 heteroatoms. The van der Waals surface area contributed by atoms with Crippen molar-refractivity contribution < 1.29 is 9.31 Å². The first-order valence-corrected chi connectivity index (χ1v) is 9.12. The first kappa shape index (κ1) is 19.1. The molecule has 4 rings (SSSR count). The van der Waals surface area contributed by atoms with Gasteiger partial charge in [0.2, 0.25) is 0 Å². The average Bonchev–Trinajstić information content (AvgIpc) is 2.67. The minimum atomic E-state index is -0.639. The zero-order valence-electron chi connectivity index (χ0n) is 15.3. The number of benzene rings is 2. The van der Waals surface area contributed by atoms with Gasteiger partial charge in [0.25, 0.3) is 5.69 Å². The van der Waals surface area contributed by atoms with Crippen molar-refractivity contribution in [3.63, 3.8) is 0 Å². The molecule has 0 amide bonds. The van der Waals surface area contributed by atoms with Crippen LogP contribution in [-0.4, -0.2) is 28.0 Å². The van der Waals surface area contributed by atoms with Crippen LogP contribution in [-0.2, 0) is 0 Å². The summed E-state index contributed by atoms with van der Waals surface area (Å²) in [5, 5.41) is 17.9. The van der Waals surface area contributed by atoms with Crippen LogP contribution in [0.1, 0.15) is 12.5 Å². The molecule has 0 saturated carbocycles. The number of nitrogens with zero attached hydrogens (tertiary/aromatic N) is 3. The van der Waals surface area contributed by atoms with Crippen molar-refractivity contribution in [3.05, 3.63) is 63.2 Å². The Morgan fingerprint density at radius 2 is 2.14 bits per heavy atom. The molecule has 1 fully saturated rings. The molecule has 3 aromatic rings. The van der Waals surface area contributed by atoms with Crippen LogP contribution in [0.4, 0.5) is 21.6 Å². The summed E-state index contributed by atoms with van der Waals surface area (Å²) >= 11 is 5.82. The SMILES string of the molecule is CC1(C#Cc2cc3ncnc(Nc4cccc(Cl)c4F)c3cc2[N+](=O)[O-])CNC1. The lowest BCUT2D eigenvalue weighted by Crippen LogP contribution is -2.50. The van der Waals surface area contributed by atoms with E-state index in [0.29, 0.717) is 10.9 Å². The van der Waals surface area contributed by atoms with E-state index < -0.39 is 10.7 Å². The first-order valence-electron chi connectivity index (χ1n) is 8.74. The lowest BCUT2D eigenvalue weighted by molar-refractivity contribution is -0.385. The van der Waals surface area contributed by atoms with Crippen molar-refractivity contribution >= 4 is 39.7 Å². The smallest absolute Gasteiger partial charge is 0.285 e. The van der Waals surface area contributed by atoms with Crippen LogP contribution in [0.25, 0.3) is 10.9 Å². The minimum Gasteiger partial charge on any atom is -0.337 e. The zero-order chi connectivity index (χ0) is 20.6. The second-order valence-corrected chi connectivity index (χ2v) is 7.41. The second-order valence-electron chi connectivity index (χ2n) is 7.01. The molecule has 0 aliphatic carbocycles. The number of rotatable bonds is 3. The molecular weight excluding hydrogens is 397 g/mol. The number of anilines is 2. The lowest BCUT2D eigenvalue weighted by atomic mass is 9.85. The summed E-state index contributed by atoms with van der Waals surface area (Å²) < 4.78 is 14.2. The summed E-state index contributed by atoms with van der Waals surface area (Å²) in [6.45, 7) is 3.47. The molecule has 7 nitrogen and oxygen atoms in total. The summed E-state index contributed by atoms with van der Waals surface area (Å²) in [4.78, 5) is 19.4. The van der Waals surface area contributed by atoms with Crippen molar-refractivity contribution in [1.29, 1.82) is 0 Å². The molecule has 1 aliphatic heterocycles. The minimum absolute atomic E-state index is 0.0455. The fraction of sp³-hybridized carbons (Fsp3) is 0.200. The quantitative estimate of drug-likeness (QED) is 0.384. The molecule has 2 N–H and O–H groups in total. The fourth-order valence-corrected chi connectivity index (χ4v) is 3.15. The Hall–Kier alpha value is -3.28. The maximum absolute atomic E-state index is 14.2. The van der Waals surface area contributed by atoms with E-state index >= 15 is 0 Å². The summed E-state index contributed by atoms with van der Waals surface area (Å²) in [7, 11) is 0. The number of aromatic nitrogens is 2. The Kier molecular flexibility index (Phi) is 4.78. The summed E-state index contributed by atoms with van der Waals surface area (Å²) in [6, 6.07) is 7.41. The van der Waals surface area contributed by atoms with Gasteiger partial charge in [0.15, 0.2) is 5.82 Å². The number of halogens is 2. The molecule has 0 spiro atoms. The average molecular weight is 412 g/mol. The van der Waals surface area contributed by atoms with Gasteiger partial charge in [-0.05, 0) is 25.1 Å². The molecule has 0 unspecified atom stereocenters. The zero-order valence-corrected chi connectivity index (χ0v) is 16.0.